The van der Waals surface area contributed by atoms with Crippen molar-refractivity contribution in [2.45, 2.75) is 112 Å². The minimum Gasteiger partial charge on any atom is -0.744 e. The summed E-state index contributed by atoms with van der Waals surface area (Å²) in [5.41, 5.74) is 8.42. The van der Waals surface area contributed by atoms with Crippen LogP contribution < -0.4 is 177 Å². The van der Waals surface area contributed by atoms with Crippen LogP contribution in [0.5, 0.6) is 0 Å². The van der Waals surface area contributed by atoms with Gasteiger partial charge in [0, 0.05) is 0 Å². The van der Waals surface area contributed by atoms with Crippen molar-refractivity contribution in [3.05, 3.63) is 176 Å². The Hall–Kier alpha value is 0.780. The van der Waals surface area contributed by atoms with E-state index in [1.807, 2.05) is 19.9 Å². The maximum Gasteiger partial charge on any atom is 1.00 e. The van der Waals surface area contributed by atoms with Crippen LogP contribution in [0.15, 0.2) is 139 Å². The van der Waals surface area contributed by atoms with Gasteiger partial charge in [-0.25, -0.2) is 50.5 Å². The van der Waals surface area contributed by atoms with Crippen LogP contribution in [0.1, 0.15) is 66.8 Å². The van der Waals surface area contributed by atoms with E-state index >= 15 is 0 Å². The Balaban J connectivity index is -0.000000196. The Labute approximate surface area is 594 Å². The van der Waals surface area contributed by atoms with Crippen LogP contribution in [0.2, 0.25) is 0 Å². The maximum absolute atomic E-state index is 10.7. The zero-order valence-corrected chi connectivity index (χ0v) is 64.1. The van der Waals surface area contributed by atoms with Crippen LogP contribution in [-0.2, 0) is 60.7 Å². The molecule has 0 aliphatic carbocycles. The van der Waals surface area contributed by atoms with Crippen LogP contribution in [0, 0.1) is 83.1 Å². The standard InChI is InChI=1S/6C8H10O3S.6Na/c1-6-3-7(2)5-8(4-6)12(9,10)11;1-6-3-4-8(5-7(6)2)12(9,10)11;1-6-3-4-8(7(2)5-6)12(9,10)11;1-6-3-4-7(2)8(5-6)12(9,10)11;1-6-4-3-5-8(7(6)2)12(9,10)11;1-6-4-3-5-7(2)8(6)12(9,10)11;;;;;;/h6*3-5H,1-2H3,(H,9,10,11);;;;;;/q;;;;;;6*+1/p-6. The Morgan fingerprint density at radius 2 is 0.641 bits per heavy atom. The maximum atomic E-state index is 10.7. The Morgan fingerprint density at radius 3 is 0.987 bits per heavy atom. The first-order valence-electron chi connectivity index (χ1n) is 20.7. The molecule has 0 radical (unpaired) electrons. The third-order valence-corrected chi connectivity index (χ3v) is 15.7. The van der Waals surface area contributed by atoms with E-state index in [1.165, 1.54) is 42.5 Å². The third-order valence-electron chi connectivity index (χ3n) is 9.95. The summed E-state index contributed by atoms with van der Waals surface area (Å²) in [6, 6.07) is 27.9. The largest absolute Gasteiger partial charge is 1.00 e. The van der Waals surface area contributed by atoms with Crippen LogP contribution in [0.25, 0.3) is 0 Å². The summed E-state index contributed by atoms with van der Waals surface area (Å²) >= 11 is 0. The Morgan fingerprint density at radius 1 is 0.256 bits per heavy atom. The molecule has 6 aromatic carbocycles. The second kappa shape index (κ2) is 38.7. The van der Waals surface area contributed by atoms with E-state index in [0.717, 1.165) is 38.9 Å². The molecule has 0 N–H and O–H groups in total. The monoisotopic (exact) mass is 1250 g/mol. The molecular weight excluding hydrogens is 1190 g/mol. The number of aryl methyl sites for hydroxylation is 11. The molecule has 0 saturated heterocycles. The van der Waals surface area contributed by atoms with Gasteiger partial charge in [-0.3, -0.25) is 0 Å². The fraction of sp³-hybridized carbons (Fsp3) is 0.250. The van der Waals surface area contributed by atoms with Gasteiger partial charge in [0.2, 0.25) is 0 Å². The van der Waals surface area contributed by atoms with Gasteiger partial charge in [0.05, 0.1) is 29.4 Å². The fourth-order valence-electron chi connectivity index (χ4n) is 6.19. The summed E-state index contributed by atoms with van der Waals surface area (Å²) < 4.78 is 191. The molecule has 30 heteroatoms. The average Bonchev–Trinajstić information content (AvgIpc) is 3.19. The molecule has 0 aliphatic heterocycles. The van der Waals surface area contributed by atoms with Gasteiger partial charge in [-0.2, -0.15) is 0 Å². The molecule has 18 nitrogen and oxygen atoms in total. The summed E-state index contributed by atoms with van der Waals surface area (Å²) in [6.45, 7) is 20.5. The van der Waals surface area contributed by atoms with Crippen molar-refractivity contribution < 1.29 is 255 Å². The fourth-order valence-corrected chi connectivity index (χ4v) is 10.6. The van der Waals surface area contributed by atoms with Crippen LogP contribution in [0.3, 0.4) is 0 Å². The molecule has 0 spiro atoms. The average molecular weight is 1250 g/mol. The molecule has 396 valence electrons. The van der Waals surface area contributed by atoms with E-state index in [2.05, 4.69) is 0 Å². The minimum absolute atomic E-state index is 0. The topological polar surface area (TPSA) is 343 Å². The van der Waals surface area contributed by atoms with Gasteiger partial charge in [0.15, 0.2) is 0 Å². The molecule has 0 aliphatic rings. The molecule has 6 aromatic rings. The third kappa shape index (κ3) is 32.9. The summed E-state index contributed by atoms with van der Waals surface area (Å²) in [7, 11) is -25.8. The molecule has 0 heterocycles. The van der Waals surface area contributed by atoms with Crippen LogP contribution in [0.4, 0.5) is 0 Å². The number of hydrogen-bond donors (Lipinski definition) is 0. The van der Waals surface area contributed by atoms with Crippen molar-refractivity contribution in [3.63, 3.8) is 0 Å². The Bertz CT molecular complexity index is 3550. The summed E-state index contributed by atoms with van der Waals surface area (Å²) in [4.78, 5) is -0.784. The zero-order valence-electron chi connectivity index (χ0n) is 47.2. The van der Waals surface area contributed by atoms with Crippen LogP contribution >= 0.6 is 0 Å². The smallest absolute Gasteiger partial charge is 0.744 e. The molecule has 0 aromatic heterocycles. The van der Waals surface area contributed by atoms with Gasteiger partial charge >= 0.3 is 177 Å². The van der Waals surface area contributed by atoms with Crippen molar-refractivity contribution in [1.82, 2.24) is 0 Å². The zero-order chi connectivity index (χ0) is 56.1. The van der Waals surface area contributed by atoms with Gasteiger partial charge in [-0.15, -0.1) is 0 Å². The summed E-state index contributed by atoms with van der Waals surface area (Å²) in [5.74, 6) is 0. The van der Waals surface area contributed by atoms with Gasteiger partial charge in [0.25, 0.3) is 0 Å². The van der Waals surface area contributed by atoms with Crippen molar-refractivity contribution in [2.75, 3.05) is 0 Å². The Kier molecular flexibility index (Phi) is 44.7. The van der Waals surface area contributed by atoms with Gasteiger partial charge in [-0.05, 0) is 187 Å². The molecule has 0 atom stereocenters. The van der Waals surface area contributed by atoms with E-state index in [1.54, 1.807) is 130 Å². The molecule has 0 bridgehead atoms. The number of rotatable bonds is 6. The van der Waals surface area contributed by atoms with Crippen molar-refractivity contribution in [3.8, 4) is 0 Å². The van der Waals surface area contributed by atoms with Crippen molar-refractivity contribution in [2.24, 2.45) is 0 Å². The van der Waals surface area contributed by atoms with E-state index < -0.39 is 60.7 Å². The molecule has 78 heavy (non-hydrogen) atoms. The normalized spacial score (nSPS) is 10.7. The van der Waals surface area contributed by atoms with Crippen LogP contribution in [-0.4, -0.2) is 77.8 Å². The quantitative estimate of drug-likeness (QED) is 0.110. The molecule has 6 rings (SSSR count). The first kappa shape index (κ1) is 90.0. The number of hydrogen-bond acceptors (Lipinski definition) is 18. The minimum atomic E-state index is -4.31. The van der Waals surface area contributed by atoms with Crippen molar-refractivity contribution in [1.29, 1.82) is 0 Å². The van der Waals surface area contributed by atoms with E-state index in [9.17, 15) is 77.8 Å². The summed E-state index contributed by atoms with van der Waals surface area (Å²) in [6.07, 6.45) is 0. The SMILES string of the molecule is Cc1cc(C)cc(S(=O)(=O)[O-])c1.Cc1ccc(C)c(S(=O)(=O)[O-])c1.Cc1ccc(S(=O)(=O)[O-])c(C)c1.Cc1ccc(S(=O)(=O)[O-])cc1C.Cc1cccc(C)c1S(=O)(=O)[O-].Cc1cccc(S(=O)(=O)[O-])c1C.[Na+].[Na+].[Na+].[Na+].[Na+].[Na+]. The van der Waals surface area contributed by atoms with Crippen molar-refractivity contribution >= 4 is 60.7 Å². The van der Waals surface area contributed by atoms with Gasteiger partial charge in [0.1, 0.15) is 60.7 Å². The first-order chi connectivity index (χ1) is 32.5. The molecular formula is C48H54Na6O18S6. The summed E-state index contributed by atoms with van der Waals surface area (Å²) in [5, 5.41) is 0. The molecule has 0 fully saturated rings. The number of benzene rings is 6. The molecule has 0 saturated carbocycles. The first-order valence-corrected chi connectivity index (χ1v) is 29.1. The van der Waals surface area contributed by atoms with Gasteiger partial charge in [-0.1, -0.05) is 72.3 Å². The van der Waals surface area contributed by atoms with E-state index in [0.29, 0.717) is 27.8 Å². The molecule has 0 unspecified atom stereocenters. The van der Waals surface area contributed by atoms with E-state index in [4.69, 9.17) is 0 Å². The second-order valence-corrected chi connectivity index (χ2v) is 24.4. The predicted molar refractivity (Wildman–Crippen MR) is 263 cm³/mol. The molecule has 0 amide bonds. The second-order valence-electron chi connectivity index (χ2n) is 16.3. The van der Waals surface area contributed by atoms with Gasteiger partial charge < -0.3 is 27.3 Å². The predicted octanol–water partition coefficient (Wildman–Crippen LogP) is -10.7. The van der Waals surface area contributed by atoms with E-state index in [-0.39, 0.29) is 207 Å².